The van der Waals surface area contributed by atoms with Gasteiger partial charge in [-0.25, -0.2) is 0 Å². The summed E-state index contributed by atoms with van der Waals surface area (Å²) in [5, 5.41) is 18.0. The minimum Gasteiger partial charge on any atom is -0.369 e. The van der Waals surface area contributed by atoms with Gasteiger partial charge >= 0.3 is 0 Å². The number of aryl methyl sites for hydroxylation is 3. The third-order valence-corrected chi connectivity index (χ3v) is 5.53. The maximum atomic E-state index is 9.08. The summed E-state index contributed by atoms with van der Waals surface area (Å²) >= 11 is 1.96. The number of thioether (sulfide) groups is 1. The quantitative estimate of drug-likeness (QED) is 0.875. The largest absolute Gasteiger partial charge is 0.369 e. The lowest BCUT2D eigenvalue weighted by Crippen LogP contribution is -2.13. The first-order valence-electron chi connectivity index (χ1n) is 7.44. The fraction of sp³-hybridized carbons (Fsp3) is 0.412. The predicted molar refractivity (Wildman–Crippen MR) is 91.2 cm³/mol. The summed E-state index contributed by atoms with van der Waals surface area (Å²) in [7, 11) is 1.99. The van der Waals surface area contributed by atoms with E-state index in [4.69, 9.17) is 5.26 Å². The van der Waals surface area contributed by atoms with Crippen molar-refractivity contribution in [1.29, 1.82) is 5.26 Å². The molecular formula is C17H20N4S. The first-order valence-corrected chi connectivity index (χ1v) is 8.39. The molecule has 22 heavy (non-hydrogen) atoms. The number of hydrogen-bond donors (Lipinski definition) is 1. The standard InChI is InChI=1S/C17H20N4S/c1-10-7-13(8-18)5-6-14(10)16-15-12(3)20-21(4)17(15)19-9-11(2)22-16/h5-7,11,16,19H,9H2,1-4H3/t11-,16-/m1/s1. The Morgan fingerprint density at radius 3 is 2.86 bits per heavy atom. The number of hydrogen-bond acceptors (Lipinski definition) is 4. The summed E-state index contributed by atoms with van der Waals surface area (Å²) in [5.74, 6) is 1.11. The molecule has 1 N–H and O–H groups in total. The van der Waals surface area contributed by atoms with E-state index < -0.39 is 0 Å². The molecule has 5 heteroatoms. The van der Waals surface area contributed by atoms with Crippen molar-refractivity contribution in [3.63, 3.8) is 0 Å². The van der Waals surface area contributed by atoms with Crippen LogP contribution in [0.2, 0.25) is 0 Å². The molecule has 0 fully saturated rings. The molecule has 0 saturated heterocycles. The van der Waals surface area contributed by atoms with Crippen LogP contribution in [-0.4, -0.2) is 21.6 Å². The number of nitrogens with one attached hydrogen (secondary N) is 1. The van der Waals surface area contributed by atoms with Gasteiger partial charge in [0.25, 0.3) is 0 Å². The zero-order chi connectivity index (χ0) is 15.9. The summed E-state index contributed by atoms with van der Waals surface area (Å²) in [5.41, 5.74) is 5.50. The first kappa shape index (κ1) is 15.0. The molecule has 1 aliphatic heterocycles. The Hall–Kier alpha value is -1.93. The van der Waals surface area contributed by atoms with Gasteiger partial charge in [0, 0.05) is 24.4 Å². The highest BCUT2D eigenvalue weighted by Gasteiger charge is 2.30. The number of rotatable bonds is 1. The highest BCUT2D eigenvalue weighted by atomic mass is 32.2. The molecule has 4 nitrogen and oxygen atoms in total. The average molecular weight is 312 g/mol. The lowest BCUT2D eigenvalue weighted by Gasteiger charge is -2.20. The van der Waals surface area contributed by atoms with Crippen molar-refractivity contribution in [3.05, 3.63) is 46.1 Å². The second kappa shape index (κ2) is 5.69. The Morgan fingerprint density at radius 1 is 1.41 bits per heavy atom. The van der Waals surface area contributed by atoms with Crippen LogP contribution in [0, 0.1) is 25.2 Å². The van der Waals surface area contributed by atoms with Crippen molar-refractivity contribution in [2.75, 3.05) is 11.9 Å². The van der Waals surface area contributed by atoms with Crippen molar-refractivity contribution in [2.24, 2.45) is 7.05 Å². The minimum atomic E-state index is 0.251. The maximum Gasteiger partial charge on any atom is 0.128 e. The van der Waals surface area contributed by atoms with Gasteiger partial charge in [0.1, 0.15) is 5.82 Å². The van der Waals surface area contributed by atoms with E-state index in [1.54, 1.807) is 0 Å². The summed E-state index contributed by atoms with van der Waals surface area (Å²) in [6.07, 6.45) is 0. The molecule has 0 bridgehead atoms. The van der Waals surface area contributed by atoms with E-state index >= 15 is 0 Å². The third kappa shape index (κ3) is 2.48. The second-order valence-corrected chi connectivity index (χ2v) is 7.41. The Morgan fingerprint density at radius 2 is 2.18 bits per heavy atom. The van der Waals surface area contributed by atoms with Crippen LogP contribution in [0.15, 0.2) is 18.2 Å². The van der Waals surface area contributed by atoms with E-state index in [9.17, 15) is 0 Å². The SMILES string of the molecule is Cc1cc(C#N)ccc1[C@H]1S[C@H](C)CNc2c1c(C)nn2C. The fourth-order valence-electron chi connectivity index (χ4n) is 3.06. The second-order valence-electron chi connectivity index (χ2n) is 5.86. The lowest BCUT2D eigenvalue weighted by molar-refractivity contribution is 0.757. The number of nitriles is 1. The minimum absolute atomic E-state index is 0.251. The summed E-state index contributed by atoms with van der Waals surface area (Å²) in [6.45, 7) is 7.34. The number of fused-ring (bicyclic) bond motifs is 1. The van der Waals surface area contributed by atoms with Gasteiger partial charge < -0.3 is 5.32 Å². The molecule has 0 spiro atoms. The van der Waals surface area contributed by atoms with E-state index in [1.165, 1.54) is 16.7 Å². The summed E-state index contributed by atoms with van der Waals surface area (Å²) in [4.78, 5) is 0. The molecule has 2 atom stereocenters. The van der Waals surface area contributed by atoms with Gasteiger partial charge in [-0.2, -0.15) is 10.4 Å². The zero-order valence-electron chi connectivity index (χ0n) is 13.3. The Labute approximate surface area is 135 Å². The molecular weight excluding hydrogens is 292 g/mol. The fourth-order valence-corrected chi connectivity index (χ4v) is 4.53. The molecule has 0 amide bonds. The Kier molecular flexibility index (Phi) is 3.88. The molecule has 0 saturated carbocycles. The third-order valence-electron chi connectivity index (χ3n) is 4.14. The van der Waals surface area contributed by atoms with Gasteiger partial charge in [-0.05, 0) is 37.1 Å². The number of nitrogens with zero attached hydrogens (tertiary/aromatic N) is 3. The van der Waals surface area contributed by atoms with E-state index in [0.717, 1.165) is 18.1 Å². The van der Waals surface area contributed by atoms with Crippen LogP contribution in [0.3, 0.4) is 0 Å². The molecule has 3 rings (SSSR count). The topological polar surface area (TPSA) is 53.6 Å². The van der Waals surface area contributed by atoms with Gasteiger partial charge in [0.2, 0.25) is 0 Å². The van der Waals surface area contributed by atoms with Gasteiger partial charge in [-0.1, -0.05) is 13.0 Å². The summed E-state index contributed by atoms with van der Waals surface area (Å²) in [6, 6.07) is 8.21. The summed E-state index contributed by atoms with van der Waals surface area (Å²) < 4.78 is 1.94. The highest BCUT2D eigenvalue weighted by molar-refractivity contribution is 8.00. The molecule has 1 aromatic heterocycles. The molecule has 2 heterocycles. The lowest BCUT2D eigenvalue weighted by atomic mass is 9.98. The van der Waals surface area contributed by atoms with Gasteiger partial charge in [0.15, 0.2) is 0 Å². The normalized spacial score (nSPS) is 20.7. The van der Waals surface area contributed by atoms with Crippen LogP contribution in [0.1, 0.15) is 40.1 Å². The van der Waals surface area contributed by atoms with E-state index in [0.29, 0.717) is 10.8 Å². The molecule has 0 unspecified atom stereocenters. The first-order chi connectivity index (χ1) is 10.5. The Balaban J connectivity index is 2.15. The van der Waals surface area contributed by atoms with E-state index in [2.05, 4.69) is 43.3 Å². The van der Waals surface area contributed by atoms with Crippen LogP contribution < -0.4 is 5.32 Å². The van der Waals surface area contributed by atoms with Crippen LogP contribution in [0.5, 0.6) is 0 Å². The van der Waals surface area contributed by atoms with Gasteiger partial charge in [0.05, 0.1) is 22.6 Å². The van der Waals surface area contributed by atoms with Crippen LogP contribution in [0.4, 0.5) is 5.82 Å². The van der Waals surface area contributed by atoms with E-state index in [-0.39, 0.29) is 5.25 Å². The van der Waals surface area contributed by atoms with Gasteiger partial charge in [-0.3, -0.25) is 4.68 Å². The van der Waals surface area contributed by atoms with Crippen molar-refractivity contribution in [3.8, 4) is 6.07 Å². The average Bonchev–Trinajstić information content (AvgIpc) is 2.66. The smallest absolute Gasteiger partial charge is 0.128 e. The van der Waals surface area contributed by atoms with Crippen molar-refractivity contribution < 1.29 is 0 Å². The zero-order valence-corrected chi connectivity index (χ0v) is 14.2. The van der Waals surface area contributed by atoms with Crippen molar-refractivity contribution in [2.45, 2.75) is 31.3 Å². The maximum absolute atomic E-state index is 9.08. The highest BCUT2D eigenvalue weighted by Crippen LogP contribution is 2.45. The molecule has 0 aliphatic carbocycles. The Bertz CT molecular complexity index is 757. The van der Waals surface area contributed by atoms with Crippen molar-refractivity contribution in [1.82, 2.24) is 9.78 Å². The number of anilines is 1. The van der Waals surface area contributed by atoms with Crippen LogP contribution in [0.25, 0.3) is 0 Å². The van der Waals surface area contributed by atoms with Gasteiger partial charge in [-0.15, -0.1) is 11.8 Å². The van der Waals surface area contributed by atoms with Crippen molar-refractivity contribution >= 4 is 17.6 Å². The molecule has 114 valence electrons. The predicted octanol–water partition coefficient (Wildman–Crippen LogP) is 3.55. The molecule has 1 aliphatic rings. The molecule has 2 aromatic rings. The van der Waals surface area contributed by atoms with Crippen LogP contribution >= 0.6 is 11.8 Å². The van der Waals surface area contributed by atoms with Crippen LogP contribution in [-0.2, 0) is 7.05 Å². The monoisotopic (exact) mass is 312 g/mol. The molecule has 0 radical (unpaired) electrons. The number of aromatic nitrogens is 2. The molecule has 1 aromatic carbocycles. The van der Waals surface area contributed by atoms with E-state index in [1.807, 2.05) is 35.6 Å². The number of benzene rings is 1.